The molecule has 1 aromatic carbocycles. The summed E-state index contributed by atoms with van der Waals surface area (Å²) in [6, 6.07) is 2.58. The number of carbonyl (C=O) groups is 1. The van der Waals surface area contributed by atoms with Gasteiger partial charge in [-0.1, -0.05) is 0 Å². The van der Waals surface area contributed by atoms with Crippen LogP contribution in [-0.2, 0) is 19.2 Å². The number of ether oxygens (including phenoxy) is 2. The smallest absolute Gasteiger partial charge is 0.339 e. The molecule has 2 fully saturated rings. The fourth-order valence-electron chi connectivity index (χ4n) is 2.26. The maximum absolute atomic E-state index is 12.1. The Morgan fingerprint density at radius 1 is 1.09 bits per heavy atom. The van der Waals surface area contributed by atoms with Crippen LogP contribution >= 0.6 is 0 Å². The summed E-state index contributed by atoms with van der Waals surface area (Å²) in [4.78, 5) is 41.7. The van der Waals surface area contributed by atoms with Crippen molar-refractivity contribution in [1.82, 2.24) is 0 Å². The van der Waals surface area contributed by atoms with E-state index in [1.807, 2.05) is 0 Å². The van der Waals surface area contributed by atoms with Gasteiger partial charge in [0.15, 0.2) is 12.4 Å². The van der Waals surface area contributed by atoms with Crippen molar-refractivity contribution in [3.63, 3.8) is 0 Å². The van der Waals surface area contributed by atoms with Crippen molar-refractivity contribution in [3.8, 4) is 0 Å². The molecule has 3 atom stereocenters. The van der Waals surface area contributed by atoms with Crippen molar-refractivity contribution in [2.45, 2.75) is 31.5 Å². The van der Waals surface area contributed by atoms with Crippen molar-refractivity contribution in [1.29, 1.82) is 0 Å². The van der Waals surface area contributed by atoms with Crippen LogP contribution in [0.5, 0.6) is 0 Å². The zero-order chi connectivity index (χ0) is 16.6. The van der Waals surface area contributed by atoms with Crippen LogP contribution in [-0.4, -0.2) is 34.5 Å². The summed E-state index contributed by atoms with van der Waals surface area (Å²) < 4.78 is 10.4. The summed E-state index contributed by atoms with van der Waals surface area (Å²) in [6.07, 6.45) is -1.29. The molecule has 0 aliphatic carbocycles. The second kappa shape index (κ2) is 5.87. The predicted molar refractivity (Wildman–Crippen MR) is 69.0 cm³/mol. The summed E-state index contributed by atoms with van der Waals surface area (Å²) in [5.74, 6) is -0.945. The molecule has 0 aromatic heterocycles. The van der Waals surface area contributed by atoms with E-state index in [2.05, 4.69) is 0 Å². The third-order valence-electron chi connectivity index (χ3n) is 3.35. The van der Waals surface area contributed by atoms with Gasteiger partial charge in [0.05, 0.1) is 21.5 Å². The highest BCUT2D eigenvalue weighted by Gasteiger charge is 2.42. The van der Waals surface area contributed by atoms with Gasteiger partial charge in [-0.2, -0.15) is 4.89 Å². The van der Waals surface area contributed by atoms with Gasteiger partial charge in [-0.3, -0.25) is 20.2 Å². The number of carbonyl (C=O) groups excluding carboxylic acids is 1. The monoisotopic (exact) mass is 326 g/mol. The average molecular weight is 326 g/mol. The highest BCUT2D eigenvalue weighted by Crippen LogP contribution is 2.31. The van der Waals surface area contributed by atoms with Gasteiger partial charge in [0.25, 0.3) is 11.4 Å². The first-order valence-electron chi connectivity index (χ1n) is 6.56. The summed E-state index contributed by atoms with van der Waals surface area (Å²) in [7, 11) is 0. The Bertz CT molecular complexity index is 644. The molecule has 0 saturated carbocycles. The van der Waals surface area contributed by atoms with Crippen LogP contribution in [0.15, 0.2) is 18.2 Å². The van der Waals surface area contributed by atoms with Gasteiger partial charge in [-0.15, -0.1) is 0 Å². The van der Waals surface area contributed by atoms with Gasteiger partial charge in [0.1, 0.15) is 0 Å². The summed E-state index contributed by atoms with van der Waals surface area (Å²) in [5.41, 5.74) is -1.45. The SMILES string of the molecule is O=C(O[C@@H]1CC[C@H]2OO[C@@H]1O2)c1cc([N+](=O)[O-])cc([N+](=O)[O-])c1. The molecule has 122 valence electrons. The molecule has 0 unspecified atom stereocenters. The molecule has 3 rings (SSSR count). The van der Waals surface area contributed by atoms with Crippen molar-refractivity contribution in [2.24, 2.45) is 0 Å². The lowest BCUT2D eigenvalue weighted by atomic mass is 10.1. The summed E-state index contributed by atoms with van der Waals surface area (Å²) >= 11 is 0. The van der Waals surface area contributed by atoms with Crippen LogP contribution in [0.2, 0.25) is 0 Å². The van der Waals surface area contributed by atoms with E-state index in [4.69, 9.17) is 19.2 Å². The lowest BCUT2D eigenvalue weighted by molar-refractivity contribution is -0.394. The molecular weight excluding hydrogens is 316 g/mol. The Labute approximate surface area is 127 Å². The van der Waals surface area contributed by atoms with Gasteiger partial charge in [-0.05, 0) is 6.42 Å². The minimum absolute atomic E-state index is 0.299. The molecule has 2 aliphatic rings. The number of nitro groups is 2. The van der Waals surface area contributed by atoms with Crippen LogP contribution in [0.25, 0.3) is 0 Å². The van der Waals surface area contributed by atoms with Crippen molar-refractivity contribution < 1.29 is 33.9 Å². The zero-order valence-electron chi connectivity index (χ0n) is 11.4. The molecular formula is C12H10N2O9. The Balaban J connectivity index is 1.81. The molecule has 1 aromatic rings. The average Bonchev–Trinajstić information content (AvgIpc) is 2.92. The molecule has 0 amide bonds. The molecule has 11 nitrogen and oxygen atoms in total. The van der Waals surface area contributed by atoms with Crippen LogP contribution in [0, 0.1) is 20.2 Å². The quantitative estimate of drug-likeness (QED) is 0.348. The van der Waals surface area contributed by atoms with Crippen LogP contribution in [0.3, 0.4) is 0 Å². The minimum Gasteiger partial charge on any atom is -0.453 e. The van der Waals surface area contributed by atoms with E-state index in [1.165, 1.54) is 0 Å². The number of esters is 1. The van der Waals surface area contributed by atoms with E-state index in [-0.39, 0.29) is 5.56 Å². The van der Waals surface area contributed by atoms with Gasteiger partial charge < -0.3 is 9.47 Å². The lowest BCUT2D eigenvalue weighted by Crippen LogP contribution is -2.36. The Morgan fingerprint density at radius 2 is 1.74 bits per heavy atom. The fourth-order valence-corrected chi connectivity index (χ4v) is 2.26. The van der Waals surface area contributed by atoms with E-state index in [9.17, 15) is 25.0 Å². The van der Waals surface area contributed by atoms with E-state index >= 15 is 0 Å². The lowest BCUT2D eigenvalue weighted by Gasteiger charge is -2.24. The number of benzene rings is 1. The van der Waals surface area contributed by atoms with Gasteiger partial charge >= 0.3 is 5.97 Å². The summed E-state index contributed by atoms with van der Waals surface area (Å²) in [5, 5.41) is 21.6. The molecule has 11 heteroatoms. The zero-order valence-corrected chi connectivity index (χ0v) is 11.4. The molecule has 0 radical (unpaired) electrons. The molecule has 2 bridgehead atoms. The molecule has 2 heterocycles. The van der Waals surface area contributed by atoms with Crippen LogP contribution < -0.4 is 0 Å². The topological polar surface area (TPSA) is 140 Å². The summed E-state index contributed by atoms with van der Waals surface area (Å²) in [6.45, 7) is 0. The highest BCUT2D eigenvalue weighted by atomic mass is 17.3. The Hall–Kier alpha value is -2.63. The van der Waals surface area contributed by atoms with Crippen molar-refractivity contribution >= 4 is 17.3 Å². The molecule has 0 spiro atoms. The largest absolute Gasteiger partial charge is 0.453 e. The maximum Gasteiger partial charge on any atom is 0.339 e. The third kappa shape index (κ3) is 3.11. The first kappa shape index (κ1) is 15.3. The first-order chi connectivity index (χ1) is 10.9. The van der Waals surface area contributed by atoms with E-state index in [0.717, 1.165) is 18.2 Å². The second-order valence-electron chi connectivity index (χ2n) is 4.90. The number of hydrogen-bond donors (Lipinski definition) is 0. The number of fused-ring (bicyclic) bond motifs is 2. The maximum atomic E-state index is 12.1. The standard InChI is InChI=1S/C12H10N2O9/c15-11(20-9-1-2-10-21-12(9)23-22-10)6-3-7(13(16)17)5-8(4-6)14(18)19/h3-5,9-10,12H,1-2H2/t9-,10-,12+/m1/s1. The highest BCUT2D eigenvalue weighted by molar-refractivity contribution is 5.91. The van der Waals surface area contributed by atoms with E-state index < -0.39 is 45.9 Å². The number of hydrogen-bond acceptors (Lipinski definition) is 9. The van der Waals surface area contributed by atoms with Gasteiger partial charge in [0.2, 0.25) is 6.29 Å². The molecule has 2 aliphatic heterocycles. The number of non-ortho nitro benzene ring substituents is 2. The molecule has 0 N–H and O–H groups in total. The van der Waals surface area contributed by atoms with Crippen LogP contribution in [0.4, 0.5) is 11.4 Å². The Morgan fingerprint density at radius 3 is 2.35 bits per heavy atom. The van der Waals surface area contributed by atoms with E-state index in [1.54, 1.807) is 0 Å². The number of nitrogens with zero attached hydrogens (tertiary/aromatic N) is 2. The normalized spacial score (nSPS) is 25.8. The van der Waals surface area contributed by atoms with Gasteiger partial charge in [-0.25, -0.2) is 9.68 Å². The third-order valence-corrected chi connectivity index (χ3v) is 3.35. The Kier molecular flexibility index (Phi) is 3.90. The van der Waals surface area contributed by atoms with Crippen molar-refractivity contribution in [3.05, 3.63) is 44.0 Å². The molecule has 2 saturated heterocycles. The fraction of sp³-hybridized carbons (Fsp3) is 0.417. The number of rotatable bonds is 4. The van der Waals surface area contributed by atoms with Crippen LogP contribution in [0.1, 0.15) is 23.2 Å². The van der Waals surface area contributed by atoms with Crippen molar-refractivity contribution in [2.75, 3.05) is 0 Å². The predicted octanol–water partition coefficient (Wildman–Crippen LogP) is 1.45. The first-order valence-corrected chi connectivity index (χ1v) is 6.56. The minimum atomic E-state index is -0.945. The van der Waals surface area contributed by atoms with Gasteiger partial charge in [0, 0.05) is 18.6 Å². The van der Waals surface area contributed by atoms with E-state index in [0.29, 0.717) is 12.8 Å². The second-order valence-corrected chi connectivity index (χ2v) is 4.90. The molecule has 23 heavy (non-hydrogen) atoms. The number of nitro benzene ring substituents is 2.